The molecule has 0 aliphatic carbocycles. The Morgan fingerprint density at radius 2 is 2.00 bits per heavy atom. The molecular weight excluding hydrogens is 352 g/mol. The van der Waals surface area contributed by atoms with Crippen LogP contribution in [0.2, 0.25) is 5.02 Å². The number of anilines is 1. The summed E-state index contributed by atoms with van der Waals surface area (Å²) in [5, 5.41) is 12.5. The number of ether oxygens (including phenoxy) is 1. The zero-order valence-electron chi connectivity index (χ0n) is 13.9. The topological polar surface area (TPSA) is 79.9 Å². The normalized spacial score (nSPS) is 10.2. The molecule has 0 radical (unpaired) electrons. The van der Waals surface area contributed by atoms with Crippen LogP contribution in [0.4, 0.5) is 5.82 Å². The highest BCUT2D eigenvalue weighted by molar-refractivity contribution is 6.34. The number of nitriles is 1. The number of nitrogens with zero attached hydrogens (tertiary/aromatic N) is 3. The van der Waals surface area contributed by atoms with Gasteiger partial charge < -0.3 is 14.6 Å². The van der Waals surface area contributed by atoms with Crippen molar-refractivity contribution in [2.45, 2.75) is 6.54 Å². The Hall–Kier alpha value is -3.30. The average Bonchev–Trinajstić information content (AvgIpc) is 3.03. The molecule has 7 heteroatoms. The molecule has 130 valence electrons. The minimum absolute atomic E-state index is 0.187. The number of imidazole rings is 1. The Morgan fingerprint density at radius 1 is 1.27 bits per heavy atom. The van der Waals surface area contributed by atoms with Crippen LogP contribution >= 0.6 is 11.6 Å². The molecule has 1 amide bonds. The number of hydrogen-bond acceptors (Lipinski definition) is 4. The zero-order chi connectivity index (χ0) is 18.5. The largest absolute Gasteiger partial charge is 0.496 e. The van der Waals surface area contributed by atoms with Crippen LogP contribution in [0.5, 0.6) is 5.75 Å². The van der Waals surface area contributed by atoms with E-state index >= 15 is 0 Å². The lowest BCUT2D eigenvalue weighted by Crippen LogP contribution is -2.14. The van der Waals surface area contributed by atoms with Crippen molar-refractivity contribution in [3.63, 3.8) is 0 Å². The number of aromatic nitrogens is 2. The Kier molecular flexibility index (Phi) is 5.20. The first-order valence-corrected chi connectivity index (χ1v) is 8.15. The summed E-state index contributed by atoms with van der Waals surface area (Å²) in [6, 6.07) is 16.3. The van der Waals surface area contributed by atoms with E-state index in [1.54, 1.807) is 35.9 Å². The van der Waals surface area contributed by atoms with Gasteiger partial charge in [0.05, 0.1) is 30.6 Å². The maximum Gasteiger partial charge on any atom is 0.258 e. The minimum atomic E-state index is -0.422. The maximum atomic E-state index is 12.4. The quantitative estimate of drug-likeness (QED) is 0.746. The smallest absolute Gasteiger partial charge is 0.258 e. The summed E-state index contributed by atoms with van der Waals surface area (Å²) in [5.74, 6) is 0.480. The number of nitrogens with one attached hydrogen (secondary N) is 1. The van der Waals surface area contributed by atoms with Crippen LogP contribution in [-0.2, 0) is 6.54 Å². The van der Waals surface area contributed by atoms with E-state index in [-0.39, 0.29) is 11.5 Å². The van der Waals surface area contributed by atoms with Gasteiger partial charge in [-0.1, -0.05) is 41.9 Å². The molecule has 0 aliphatic heterocycles. The van der Waals surface area contributed by atoms with Gasteiger partial charge in [0.25, 0.3) is 5.91 Å². The zero-order valence-corrected chi connectivity index (χ0v) is 14.7. The SMILES string of the molecule is COc1ccccc1Cn1cnc(NC(=O)c2ccccc2Cl)c1C#N. The van der Waals surface area contributed by atoms with E-state index in [2.05, 4.69) is 16.4 Å². The standard InChI is InChI=1S/C19H15ClN4O2/c1-26-17-9-5-2-6-13(17)11-24-12-22-18(16(24)10-21)23-19(25)14-7-3-4-8-15(14)20/h2-9,12H,11H2,1H3,(H,23,25). The fourth-order valence-electron chi connectivity index (χ4n) is 2.55. The van der Waals surface area contributed by atoms with Gasteiger partial charge in [-0.25, -0.2) is 4.98 Å². The average molecular weight is 367 g/mol. The number of halogens is 1. The second-order valence-electron chi connectivity index (χ2n) is 5.43. The van der Waals surface area contributed by atoms with Gasteiger partial charge in [0.1, 0.15) is 11.8 Å². The van der Waals surface area contributed by atoms with E-state index in [0.29, 0.717) is 22.9 Å². The van der Waals surface area contributed by atoms with Crippen LogP contribution in [0, 0.1) is 11.3 Å². The predicted molar refractivity (Wildman–Crippen MR) is 98.4 cm³/mol. The lowest BCUT2D eigenvalue weighted by Gasteiger charge is -2.09. The Morgan fingerprint density at radius 3 is 2.73 bits per heavy atom. The maximum absolute atomic E-state index is 12.4. The molecule has 0 bridgehead atoms. The van der Waals surface area contributed by atoms with Gasteiger partial charge in [-0.15, -0.1) is 0 Å². The molecule has 0 fully saturated rings. The molecule has 1 heterocycles. The first kappa shape index (κ1) is 17.5. The van der Waals surface area contributed by atoms with Crippen LogP contribution in [-0.4, -0.2) is 22.6 Å². The lowest BCUT2D eigenvalue weighted by molar-refractivity contribution is 0.102. The summed E-state index contributed by atoms with van der Waals surface area (Å²) in [6.07, 6.45) is 1.51. The number of carbonyl (C=O) groups is 1. The van der Waals surface area contributed by atoms with Crippen molar-refractivity contribution in [3.05, 3.63) is 76.7 Å². The molecule has 2 aromatic carbocycles. The fraction of sp³-hybridized carbons (Fsp3) is 0.105. The number of rotatable bonds is 5. The highest BCUT2D eigenvalue weighted by atomic mass is 35.5. The summed E-state index contributed by atoms with van der Waals surface area (Å²) in [4.78, 5) is 16.6. The predicted octanol–water partition coefficient (Wildman–Crippen LogP) is 3.72. The van der Waals surface area contributed by atoms with Gasteiger partial charge in [-0.3, -0.25) is 4.79 Å². The third kappa shape index (κ3) is 3.53. The van der Waals surface area contributed by atoms with E-state index < -0.39 is 5.91 Å². The van der Waals surface area contributed by atoms with Crippen molar-refractivity contribution in [1.82, 2.24) is 9.55 Å². The highest BCUT2D eigenvalue weighted by Crippen LogP contribution is 2.22. The van der Waals surface area contributed by atoms with E-state index in [9.17, 15) is 10.1 Å². The monoisotopic (exact) mass is 366 g/mol. The third-order valence-corrected chi connectivity index (χ3v) is 4.16. The molecule has 0 saturated carbocycles. The van der Waals surface area contributed by atoms with Crippen molar-refractivity contribution in [1.29, 1.82) is 5.26 Å². The van der Waals surface area contributed by atoms with Crippen LogP contribution < -0.4 is 10.1 Å². The molecule has 0 unspecified atom stereocenters. The summed E-state index contributed by atoms with van der Waals surface area (Å²) in [7, 11) is 1.59. The second-order valence-corrected chi connectivity index (χ2v) is 5.83. The van der Waals surface area contributed by atoms with Gasteiger partial charge in [0.2, 0.25) is 0 Å². The molecule has 0 atom stereocenters. The van der Waals surface area contributed by atoms with Gasteiger partial charge in [-0.2, -0.15) is 5.26 Å². The molecule has 3 rings (SSSR count). The molecule has 0 spiro atoms. The van der Waals surface area contributed by atoms with Crippen LogP contribution in [0.3, 0.4) is 0 Å². The first-order chi connectivity index (χ1) is 12.6. The van der Waals surface area contributed by atoms with Crippen LogP contribution in [0.25, 0.3) is 0 Å². The molecule has 6 nitrogen and oxygen atoms in total. The molecule has 1 aromatic heterocycles. The number of para-hydroxylation sites is 1. The van der Waals surface area contributed by atoms with E-state index in [4.69, 9.17) is 16.3 Å². The summed E-state index contributed by atoms with van der Waals surface area (Å²) >= 11 is 6.04. The Balaban J connectivity index is 1.86. The minimum Gasteiger partial charge on any atom is -0.496 e. The van der Waals surface area contributed by atoms with Gasteiger partial charge in [0.15, 0.2) is 11.5 Å². The Labute approximate surface area is 155 Å². The molecule has 3 aromatic rings. The Bertz CT molecular complexity index is 991. The third-order valence-electron chi connectivity index (χ3n) is 3.83. The summed E-state index contributed by atoms with van der Waals surface area (Å²) < 4.78 is 6.99. The van der Waals surface area contributed by atoms with Gasteiger partial charge in [-0.05, 0) is 18.2 Å². The summed E-state index contributed by atoms with van der Waals surface area (Å²) in [5.41, 5.74) is 1.46. The lowest BCUT2D eigenvalue weighted by atomic mass is 10.2. The molecule has 26 heavy (non-hydrogen) atoms. The van der Waals surface area contributed by atoms with E-state index in [1.807, 2.05) is 24.3 Å². The van der Waals surface area contributed by atoms with Crippen LogP contribution in [0.1, 0.15) is 21.6 Å². The second kappa shape index (κ2) is 7.72. The van der Waals surface area contributed by atoms with Gasteiger partial charge in [0, 0.05) is 5.56 Å². The van der Waals surface area contributed by atoms with Crippen molar-refractivity contribution in [2.24, 2.45) is 0 Å². The van der Waals surface area contributed by atoms with Crippen molar-refractivity contribution in [2.75, 3.05) is 12.4 Å². The number of hydrogen-bond donors (Lipinski definition) is 1. The number of methoxy groups -OCH3 is 1. The molecule has 1 N–H and O–H groups in total. The van der Waals surface area contributed by atoms with E-state index in [0.717, 1.165) is 5.56 Å². The summed E-state index contributed by atoms with van der Waals surface area (Å²) in [6.45, 7) is 0.391. The molecule has 0 aliphatic rings. The van der Waals surface area contributed by atoms with Crippen molar-refractivity contribution < 1.29 is 9.53 Å². The number of carbonyl (C=O) groups excluding carboxylic acids is 1. The van der Waals surface area contributed by atoms with Crippen molar-refractivity contribution >= 4 is 23.3 Å². The highest BCUT2D eigenvalue weighted by Gasteiger charge is 2.17. The fourth-order valence-corrected chi connectivity index (χ4v) is 2.77. The first-order valence-electron chi connectivity index (χ1n) is 7.77. The molecular formula is C19H15ClN4O2. The van der Waals surface area contributed by atoms with Crippen LogP contribution in [0.15, 0.2) is 54.9 Å². The number of amides is 1. The van der Waals surface area contributed by atoms with Crippen molar-refractivity contribution in [3.8, 4) is 11.8 Å². The van der Waals surface area contributed by atoms with E-state index in [1.165, 1.54) is 6.33 Å². The van der Waals surface area contributed by atoms with Gasteiger partial charge >= 0.3 is 0 Å². The molecule has 0 saturated heterocycles. The number of benzene rings is 2.